The SMILES string of the molecule is Cc1c(O)c(CC=Cc2ccccc2)cc(CC=Cc2ccccc2)c1O. The van der Waals surface area contributed by atoms with Crippen molar-refractivity contribution in [3.8, 4) is 11.5 Å². The summed E-state index contributed by atoms with van der Waals surface area (Å²) in [5, 5.41) is 20.8. The second kappa shape index (κ2) is 8.91. The van der Waals surface area contributed by atoms with Crippen molar-refractivity contribution in [3.05, 3.63) is 107 Å². The first-order chi connectivity index (χ1) is 13.1. The maximum Gasteiger partial charge on any atom is 0.125 e. The van der Waals surface area contributed by atoms with Gasteiger partial charge in [-0.25, -0.2) is 0 Å². The molecule has 0 saturated carbocycles. The van der Waals surface area contributed by atoms with Crippen LogP contribution in [-0.4, -0.2) is 10.2 Å². The fourth-order valence-electron chi connectivity index (χ4n) is 3.02. The lowest BCUT2D eigenvalue weighted by Crippen LogP contribution is -1.93. The average Bonchev–Trinajstić information content (AvgIpc) is 2.71. The van der Waals surface area contributed by atoms with Crippen molar-refractivity contribution in [2.75, 3.05) is 0 Å². The van der Waals surface area contributed by atoms with Gasteiger partial charge >= 0.3 is 0 Å². The van der Waals surface area contributed by atoms with Crippen molar-refractivity contribution in [3.63, 3.8) is 0 Å². The third kappa shape index (κ3) is 4.89. The molecule has 0 aliphatic carbocycles. The van der Waals surface area contributed by atoms with Crippen molar-refractivity contribution in [1.29, 1.82) is 0 Å². The number of aromatic hydroxyl groups is 2. The third-order valence-electron chi connectivity index (χ3n) is 4.56. The molecule has 0 spiro atoms. The van der Waals surface area contributed by atoms with E-state index in [0.29, 0.717) is 18.4 Å². The number of hydrogen-bond acceptors (Lipinski definition) is 2. The summed E-state index contributed by atoms with van der Waals surface area (Å²) in [6, 6.07) is 22.0. The summed E-state index contributed by atoms with van der Waals surface area (Å²) < 4.78 is 0. The molecule has 136 valence electrons. The highest BCUT2D eigenvalue weighted by molar-refractivity contribution is 5.56. The molecule has 0 atom stereocenters. The minimum absolute atomic E-state index is 0.168. The monoisotopic (exact) mass is 356 g/mol. The van der Waals surface area contributed by atoms with Gasteiger partial charge in [-0.15, -0.1) is 0 Å². The largest absolute Gasteiger partial charge is 0.507 e. The lowest BCUT2D eigenvalue weighted by atomic mass is 9.98. The summed E-state index contributed by atoms with van der Waals surface area (Å²) in [7, 11) is 0. The fourth-order valence-corrected chi connectivity index (χ4v) is 3.02. The van der Waals surface area contributed by atoms with Crippen LogP contribution in [0.4, 0.5) is 0 Å². The summed E-state index contributed by atoms with van der Waals surface area (Å²) in [6.45, 7) is 1.75. The standard InChI is InChI=1S/C25H24O2/c1-19-24(26)22(16-8-14-20-10-4-2-5-11-20)18-23(25(19)27)17-9-15-21-12-6-3-7-13-21/h2-15,18,26-27H,16-17H2,1H3. The Kier molecular flexibility index (Phi) is 6.11. The quantitative estimate of drug-likeness (QED) is 0.576. The van der Waals surface area contributed by atoms with Crippen LogP contribution in [-0.2, 0) is 12.8 Å². The molecular formula is C25H24O2. The number of hydrogen-bond donors (Lipinski definition) is 2. The van der Waals surface area contributed by atoms with Crippen molar-refractivity contribution < 1.29 is 10.2 Å². The van der Waals surface area contributed by atoms with Crippen LogP contribution in [0.2, 0.25) is 0 Å². The lowest BCUT2D eigenvalue weighted by molar-refractivity contribution is 0.436. The molecule has 2 heteroatoms. The van der Waals surface area contributed by atoms with Gasteiger partial charge in [0.2, 0.25) is 0 Å². The van der Waals surface area contributed by atoms with Crippen LogP contribution in [0.15, 0.2) is 78.9 Å². The maximum absolute atomic E-state index is 10.4. The first-order valence-corrected chi connectivity index (χ1v) is 9.11. The van der Waals surface area contributed by atoms with Crippen LogP contribution in [0, 0.1) is 6.92 Å². The summed E-state index contributed by atoms with van der Waals surface area (Å²) in [5.74, 6) is 0.335. The van der Waals surface area contributed by atoms with Crippen LogP contribution in [0.25, 0.3) is 12.2 Å². The zero-order valence-corrected chi connectivity index (χ0v) is 15.5. The van der Waals surface area contributed by atoms with E-state index >= 15 is 0 Å². The first kappa shape index (κ1) is 18.5. The van der Waals surface area contributed by atoms with Crippen molar-refractivity contribution in [1.82, 2.24) is 0 Å². The Morgan fingerprint density at radius 2 is 1.07 bits per heavy atom. The van der Waals surface area contributed by atoms with Crippen LogP contribution >= 0.6 is 0 Å². The van der Waals surface area contributed by atoms with Crippen molar-refractivity contribution in [2.24, 2.45) is 0 Å². The molecule has 0 unspecified atom stereocenters. The van der Waals surface area contributed by atoms with Crippen LogP contribution < -0.4 is 0 Å². The van der Waals surface area contributed by atoms with Crippen molar-refractivity contribution >= 4 is 12.2 Å². The van der Waals surface area contributed by atoms with E-state index in [9.17, 15) is 10.2 Å². The highest BCUT2D eigenvalue weighted by atomic mass is 16.3. The Bertz CT molecular complexity index is 863. The van der Waals surface area contributed by atoms with E-state index in [2.05, 4.69) is 0 Å². The summed E-state index contributed by atoms with van der Waals surface area (Å²) >= 11 is 0. The van der Waals surface area contributed by atoms with Crippen molar-refractivity contribution in [2.45, 2.75) is 19.8 Å². The number of phenolic OH excluding ortho intramolecular Hbond substituents is 2. The Hall–Kier alpha value is -3.26. The molecule has 0 radical (unpaired) electrons. The fraction of sp³-hybridized carbons (Fsp3) is 0.120. The second-order valence-electron chi connectivity index (χ2n) is 6.55. The smallest absolute Gasteiger partial charge is 0.125 e. The minimum Gasteiger partial charge on any atom is -0.507 e. The molecule has 0 bridgehead atoms. The molecule has 2 nitrogen and oxygen atoms in total. The van der Waals surface area contributed by atoms with E-state index in [1.807, 2.05) is 91.0 Å². The topological polar surface area (TPSA) is 40.5 Å². The Labute approximate surface area is 160 Å². The Morgan fingerprint density at radius 1 is 0.667 bits per heavy atom. The predicted molar refractivity (Wildman–Crippen MR) is 113 cm³/mol. The zero-order valence-electron chi connectivity index (χ0n) is 15.5. The van der Waals surface area contributed by atoms with Gasteiger partial charge < -0.3 is 10.2 Å². The van der Waals surface area contributed by atoms with Gasteiger partial charge in [-0.3, -0.25) is 0 Å². The lowest BCUT2D eigenvalue weighted by Gasteiger charge is -2.12. The van der Waals surface area contributed by atoms with E-state index in [4.69, 9.17) is 0 Å². The number of benzene rings is 3. The average molecular weight is 356 g/mol. The number of allylic oxidation sites excluding steroid dienone is 2. The van der Waals surface area contributed by atoms with Gasteiger partial charge in [0.05, 0.1) is 0 Å². The van der Waals surface area contributed by atoms with E-state index in [1.54, 1.807) is 6.92 Å². The summed E-state index contributed by atoms with van der Waals surface area (Å²) in [4.78, 5) is 0. The van der Waals surface area contributed by atoms with Crippen LogP contribution in [0.5, 0.6) is 11.5 Å². The van der Waals surface area contributed by atoms with Gasteiger partial charge in [0, 0.05) is 5.56 Å². The molecule has 0 aliphatic heterocycles. The third-order valence-corrected chi connectivity index (χ3v) is 4.56. The van der Waals surface area contributed by atoms with Gasteiger partial charge in [0.1, 0.15) is 11.5 Å². The van der Waals surface area contributed by atoms with E-state index < -0.39 is 0 Å². The summed E-state index contributed by atoms with van der Waals surface area (Å²) in [6.07, 6.45) is 9.36. The molecule has 3 aromatic rings. The molecule has 0 saturated heterocycles. The molecular weight excluding hydrogens is 332 g/mol. The van der Waals surface area contributed by atoms with Crippen LogP contribution in [0.1, 0.15) is 27.8 Å². The normalized spacial score (nSPS) is 11.4. The summed E-state index contributed by atoms with van der Waals surface area (Å²) in [5.41, 5.74) is 4.42. The molecule has 3 rings (SSSR count). The zero-order chi connectivity index (χ0) is 19.1. The Morgan fingerprint density at radius 3 is 1.48 bits per heavy atom. The molecule has 27 heavy (non-hydrogen) atoms. The highest BCUT2D eigenvalue weighted by Gasteiger charge is 2.12. The minimum atomic E-state index is 0.168. The maximum atomic E-state index is 10.4. The highest BCUT2D eigenvalue weighted by Crippen LogP contribution is 2.34. The van der Waals surface area contributed by atoms with Gasteiger partial charge in [0.25, 0.3) is 0 Å². The predicted octanol–water partition coefficient (Wildman–Crippen LogP) is 5.92. The van der Waals surface area contributed by atoms with Gasteiger partial charge in [-0.05, 0) is 48.1 Å². The van der Waals surface area contributed by atoms with Gasteiger partial charge in [0.15, 0.2) is 0 Å². The number of phenols is 2. The van der Waals surface area contributed by atoms with Crippen LogP contribution in [0.3, 0.4) is 0 Å². The molecule has 0 aliphatic rings. The van der Waals surface area contributed by atoms with E-state index in [0.717, 1.165) is 22.3 Å². The number of rotatable bonds is 6. The molecule has 0 fully saturated rings. The van der Waals surface area contributed by atoms with Gasteiger partial charge in [-0.2, -0.15) is 0 Å². The Balaban J connectivity index is 1.77. The van der Waals surface area contributed by atoms with Gasteiger partial charge in [-0.1, -0.05) is 85.0 Å². The molecule has 0 amide bonds. The van der Waals surface area contributed by atoms with E-state index in [-0.39, 0.29) is 11.5 Å². The first-order valence-electron chi connectivity index (χ1n) is 9.11. The molecule has 0 aromatic heterocycles. The second-order valence-corrected chi connectivity index (χ2v) is 6.55. The molecule has 2 N–H and O–H groups in total. The van der Waals surface area contributed by atoms with E-state index in [1.165, 1.54) is 0 Å². The molecule has 0 heterocycles. The molecule has 3 aromatic carbocycles.